The van der Waals surface area contributed by atoms with Gasteiger partial charge in [0.25, 0.3) is 0 Å². The highest BCUT2D eigenvalue weighted by Crippen LogP contribution is 2.31. The first-order valence-electron chi connectivity index (χ1n) is 13.6. The molecule has 39 heavy (non-hydrogen) atoms. The Morgan fingerprint density at radius 2 is 0.692 bits per heavy atom. The van der Waals surface area contributed by atoms with E-state index in [0.29, 0.717) is 0 Å². The zero-order valence-electron chi connectivity index (χ0n) is 22.5. The van der Waals surface area contributed by atoms with Gasteiger partial charge in [-0.05, 0) is 52.6 Å². The molecule has 0 spiro atoms. The molecule has 0 aliphatic rings. The van der Waals surface area contributed by atoms with Gasteiger partial charge in [-0.15, -0.1) is 0 Å². The van der Waals surface area contributed by atoms with E-state index in [0.717, 1.165) is 0 Å². The Labute approximate surface area is 231 Å². The van der Waals surface area contributed by atoms with Crippen molar-refractivity contribution in [2.75, 3.05) is 0 Å². The van der Waals surface area contributed by atoms with E-state index in [9.17, 15) is 0 Å². The number of para-hydroxylation sites is 3. The van der Waals surface area contributed by atoms with Gasteiger partial charge in [-0.2, -0.15) is 0 Å². The molecule has 7 rings (SSSR count). The fourth-order valence-corrected chi connectivity index (χ4v) is 4.92. The third-order valence-corrected chi connectivity index (χ3v) is 6.67. The fourth-order valence-electron chi connectivity index (χ4n) is 4.92. The summed E-state index contributed by atoms with van der Waals surface area (Å²) < 4.78 is 2.32. The zero-order chi connectivity index (χ0) is 26.9. The summed E-state index contributed by atoms with van der Waals surface area (Å²) in [5.74, 6) is 0. The highest BCUT2D eigenvalue weighted by Gasteiger charge is 2.10. The molecule has 1 heteroatoms. The summed E-state index contributed by atoms with van der Waals surface area (Å²) in [5, 5.41) is 2.61. The molecule has 0 fully saturated rings. The Kier molecular flexibility index (Phi) is 8.31. The molecule has 0 aliphatic heterocycles. The summed E-state index contributed by atoms with van der Waals surface area (Å²) in [6.07, 6.45) is 0. The summed E-state index contributed by atoms with van der Waals surface area (Å²) in [5.41, 5.74) is 8.77. The van der Waals surface area contributed by atoms with Crippen molar-refractivity contribution >= 4 is 21.8 Å². The number of benzene rings is 6. The van der Waals surface area contributed by atoms with Crippen LogP contribution < -0.4 is 0 Å². The molecule has 1 aromatic heterocycles. The van der Waals surface area contributed by atoms with Crippen LogP contribution in [-0.2, 0) is 0 Å². The molecule has 0 unspecified atom stereocenters. The summed E-state index contributed by atoms with van der Waals surface area (Å²) in [4.78, 5) is 0. The zero-order valence-corrected chi connectivity index (χ0v) is 22.5. The number of hydrogen-bond acceptors (Lipinski definition) is 0. The van der Waals surface area contributed by atoms with Gasteiger partial charge in [-0.3, -0.25) is 0 Å². The second-order valence-corrected chi connectivity index (χ2v) is 9.02. The lowest BCUT2D eigenvalue weighted by Gasteiger charge is -2.06. The molecule has 0 amide bonds. The molecule has 7 aromatic rings. The third-order valence-electron chi connectivity index (χ3n) is 6.67. The van der Waals surface area contributed by atoms with Crippen LogP contribution >= 0.6 is 0 Å². The van der Waals surface area contributed by atoms with Gasteiger partial charge in [-0.25, -0.2) is 0 Å². The standard InChI is InChI=1S/C18H13N.C18H14.C2H6/c1-2-8-14(9-3-1)19-17-12-6-4-10-15(17)16-11-5-7-13-18(16)19;1-3-8-15(9-4-1)17-12-7-13-18(14-17)16-10-5-2-6-11-16;1-2/h1-13H;1-14H;1-2H3. The van der Waals surface area contributed by atoms with Crippen LogP contribution in [0.1, 0.15) is 13.8 Å². The van der Waals surface area contributed by atoms with Crippen LogP contribution in [0, 0.1) is 0 Å². The van der Waals surface area contributed by atoms with E-state index < -0.39 is 0 Å². The van der Waals surface area contributed by atoms with Gasteiger partial charge in [-0.1, -0.05) is 147 Å². The van der Waals surface area contributed by atoms with Crippen LogP contribution in [0.4, 0.5) is 0 Å². The molecule has 0 saturated heterocycles. The van der Waals surface area contributed by atoms with Crippen LogP contribution in [-0.4, -0.2) is 4.57 Å². The number of hydrogen-bond donors (Lipinski definition) is 0. The molecule has 1 nitrogen and oxygen atoms in total. The molecule has 0 aliphatic carbocycles. The summed E-state index contributed by atoms with van der Waals surface area (Å²) in [6, 6.07) is 57.3. The lowest BCUT2D eigenvalue weighted by molar-refractivity contribution is 1.18. The quantitative estimate of drug-likeness (QED) is 0.226. The third kappa shape index (κ3) is 5.68. The summed E-state index contributed by atoms with van der Waals surface area (Å²) >= 11 is 0. The molecule has 190 valence electrons. The van der Waals surface area contributed by atoms with E-state index in [2.05, 4.69) is 156 Å². The first-order chi connectivity index (χ1) is 19.4. The molecule has 6 aromatic carbocycles. The SMILES string of the molecule is CC.c1ccc(-c2cccc(-c3ccccc3)c2)cc1.c1ccc(-n2c3ccccc3c3ccccc32)cc1. The van der Waals surface area contributed by atoms with Crippen LogP contribution in [0.25, 0.3) is 49.7 Å². The Bertz CT molecular complexity index is 1640. The van der Waals surface area contributed by atoms with E-state index in [-0.39, 0.29) is 0 Å². The van der Waals surface area contributed by atoms with E-state index in [1.54, 1.807) is 0 Å². The predicted molar refractivity (Wildman–Crippen MR) is 169 cm³/mol. The summed E-state index contributed by atoms with van der Waals surface area (Å²) in [7, 11) is 0. The van der Waals surface area contributed by atoms with E-state index in [4.69, 9.17) is 0 Å². The van der Waals surface area contributed by atoms with Crippen molar-refractivity contribution in [2.45, 2.75) is 13.8 Å². The van der Waals surface area contributed by atoms with Gasteiger partial charge < -0.3 is 4.57 Å². The lowest BCUT2D eigenvalue weighted by atomic mass is 9.99. The van der Waals surface area contributed by atoms with Gasteiger partial charge in [0.2, 0.25) is 0 Å². The Morgan fingerprint density at radius 1 is 0.333 bits per heavy atom. The largest absolute Gasteiger partial charge is 0.309 e. The van der Waals surface area contributed by atoms with Crippen molar-refractivity contribution in [3.8, 4) is 27.9 Å². The minimum Gasteiger partial charge on any atom is -0.309 e. The van der Waals surface area contributed by atoms with Gasteiger partial charge in [0.1, 0.15) is 0 Å². The van der Waals surface area contributed by atoms with Gasteiger partial charge >= 0.3 is 0 Å². The highest BCUT2D eigenvalue weighted by atomic mass is 15.0. The monoisotopic (exact) mass is 503 g/mol. The first-order valence-corrected chi connectivity index (χ1v) is 13.6. The van der Waals surface area contributed by atoms with Gasteiger partial charge in [0, 0.05) is 16.5 Å². The number of rotatable bonds is 3. The lowest BCUT2D eigenvalue weighted by Crippen LogP contribution is -1.92. The van der Waals surface area contributed by atoms with Crippen molar-refractivity contribution < 1.29 is 0 Å². The average Bonchev–Trinajstić information content (AvgIpc) is 3.38. The number of fused-ring (bicyclic) bond motifs is 3. The fraction of sp³-hybridized carbons (Fsp3) is 0.0526. The molecule has 1 heterocycles. The van der Waals surface area contributed by atoms with Crippen LogP contribution in [0.3, 0.4) is 0 Å². The maximum atomic E-state index is 2.32. The smallest absolute Gasteiger partial charge is 0.0541 e. The van der Waals surface area contributed by atoms with Crippen molar-refractivity contribution in [1.29, 1.82) is 0 Å². The topological polar surface area (TPSA) is 4.93 Å². The van der Waals surface area contributed by atoms with Crippen molar-refractivity contribution in [2.24, 2.45) is 0 Å². The van der Waals surface area contributed by atoms with Crippen LogP contribution in [0.2, 0.25) is 0 Å². The molecule has 0 radical (unpaired) electrons. The van der Waals surface area contributed by atoms with Gasteiger partial charge in [0.15, 0.2) is 0 Å². The minimum atomic E-state index is 1.21. The molecule has 0 saturated carbocycles. The minimum absolute atomic E-state index is 1.21. The van der Waals surface area contributed by atoms with Crippen molar-refractivity contribution in [1.82, 2.24) is 4.57 Å². The van der Waals surface area contributed by atoms with Crippen molar-refractivity contribution in [3.63, 3.8) is 0 Å². The Balaban J connectivity index is 0.000000149. The van der Waals surface area contributed by atoms with E-state index in [1.165, 1.54) is 49.7 Å². The Hall–Kier alpha value is -4.88. The second kappa shape index (κ2) is 12.6. The van der Waals surface area contributed by atoms with Crippen LogP contribution in [0.15, 0.2) is 164 Å². The molecule has 0 N–H and O–H groups in total. The highest BCUT2D eigenvalue weighted by molar-refractivity contribution is 6.09. The van der Waals surface area contributed by atoms with E-state index >= 15 is 0 Å². The maximum Gasteiger partial charge on any atom is 0.0541 e. The van der Waals surface area contributed by atoms with E-state index in [1.807, 2.05) is 26.0 Å². The molecule has 0 atom stereocenters. The number of nitrogens with zero attached hydrogens (tertiary/aromatic N) is 1. The Morgan fingerprint density at radius 3 is 1.15 bits per heavy atom. The predicted octanol–water partition coefficient (Wildman–Crippen LogP) is 10.8. The van der Waals surface area contributed by atoms with Gasteiger partial charge in [0.05, 0.1) is 11.0 Å². The average molecular weight is 504 g/mol. The molecule has 0 bridgehead atoms. The summed E-state index contributed by atoms with van der Waals surface area (Å²) in [6.45, 7) is 4.00. The first kappa shape index (κ1) is 25.8. The van der Waals surface area contributed by atoms with Crippen LogP contribution in [0.5, 0.6) is 0 Å². The van der Waals surface area contributed by atoms with Crippen molar-refractivity contribution in [3.05, 3.63) is 164 Å². The second-order valence-electron chi connectivity index (χ2n) is 9.02. The molecular weight excluding hydrogens is 470 g/mol. The number of aromatic nitrogens is 1. The normalized spacial score (nSPS) is 10.3. The maximum absolute atomic E-state index is 2.32. The molecular formula is C38H33N.